The summed E-state index contributed by atoms with van der Waals surface area (Å²) in [5.41, 5.74) is -0.741. The molecule has 0 aliphatic rings. The SMILES string of the molecule is Cn1c(=O)cc(Br)[nH]c1=O. The Hall–Kier alpha value is -0.840. The van der Waals surface area contributed by atoms with E-state index in [1.165, 1.54) is 13.1 Å². The molecule has 0 fully saturated rings. The monoisotopic (exact) mass is 204 g/mol. The summed E-state index contributed by atoms with van der Waals surface area (Å²) < 4.78 is 1.39. The summed E-state index contributed by atoms with van der Waals surface area (Å²) in [6.45, 7) is 0. The summed E-state index contributed by atoms with van der Waals surface area (Å²) in [6.07, 6.45) is 0. The summed E-state index contributed by atoms with van der Waals surface area (Å²) in [4.78, 5) is 23.9. The minimum atomic E-state index is -0.417. The van der Waals surface area contributed by atoms with Gasteiger partial charge in [0.1, 0.15) is 0 Å². The van der Waals surface area contributed by atoms with Crippen molar-refractivity contribution in [3.8, 4) is 0 Å². The Labute approximate surface area is 64.6 Å². The molecule has 0 amide bonds. The van der Waals surface area contributed by atoms with Crippen LogP contribution in [0.1, 0.15) is 0 Å². The first-order valence-electron chi connectivity index (χ1n) is 2.57. The largest absolute Gasteiger partial charge is 0.328 e. The van der Waals surface area contributed by atoms with Crippen LogP contribution in [-0.4, -0.2) is 9.55 Å². The van der Waals surface area contributed by atoms with Crippen LogP contribution < -0.4 is 11.2 Å². The third-order valence-corrected chi connectivity index (χ3v) is 1.54. The van der Waals surface area contributed by atoms with Crippen LogP contribution in [0.2, 0.25) is 0 Å². The van der Waals surface area contributed by atoms with E-state index in [9.17, 15) is 9.59 Å². The molecule has 10 heavy (non-hydrogen) atoms. The van der Waals surface area contributed by atoms with Gasteiger partial charge < -0.3 is 4.98 Å². The van der Waals surface area contributed by atoms with Crippen molar-refractivity contribution in [2.24, 2.45) is 7.05 Å². The van der Waals surface area contributed by atoms with Crippen molar-refractivity contribution in [3.63, 3.8) is 0 Å². The van der Waals surface area contributed by atoms with Gasteiger partial charge in [0.2, 0.25) is 0 Å². The van der Waals surface area contributed by atoms with Crippen LogP contribution in [0.5, 0.6) is 0 Å². The normalized spacial score (nSPS) is 9.80. The zero-order valence-corrected chi connectivity index (χ0v) is 6.81. The molecule has 0 atom stereocenters. The first-order valence-corrected chi connectivity index (χ1v) is 3.36. The van der Waals surface area contributed by atoms with E-state index in [2.05, 4.69) is 20.9 Å². The maximum absolute atomic E-state index is 10.8. The van der Waals surface area contributed by atoms with Crippen molar-refractivity contribution < 1.29 is 0 Å². The molecular formula is C5H5BrN2O2. The van der Waals surface area contributed by atoms with Crippen LogP contribution in [0.4, 0.5) is 0 Å². The molecule has 1 heterocycles. The van der Waals surface area contributed by atoms with Crippen molar-refractivity contribution in [1.29, 1.82) is 0 Å². The van der Waals surface area contributed by atoms with Gasteiger partial charge in [0.25, 0.3) is 5.56 Å². The van der Waals surface area contributed by atoms with E-state index in [1.807, 2.05) is 0 Å². The average molecular weight is 205 g/mol. The molecule has 54 valence electrons. The van der Waals surface area contributed by atoms with E-state index in [0.717, 1.165) is 4.57 Å². The second-order valence-electron chi connectivity index (χ2n) is 1.82. The lowest BCUT2D eigenvalue weighted by atomic mass is 10.6. The van der Waals surface area contributed by atoms with Crippen LogP contribution in [0.3, 0.4) is 0 Å². The molecule has 0 spiro atoms. The van der Waals surface area contributed by atoms with Crippen molar-refractivity contribution in [3.05, 3.63) is 31.5 Å². The van der Waals surface area contributed by atoms with Crippen LogP contribution in [0, 0.1) is 0 Å². The number of nitrogens with one attached hydrogen (secondary N) is 1. The predicted molar refractivity (Wildman–Crippen MR) is 40.0 cm³/mol. The molecule has 0 unspecified atom stereocenters. The van der Waals surface area contributed by atoms with Gasteiger partial charge in [0.05, 0.1) is 4.60 Å². The smallest absolute Gasteiger partial charge is 0.301 e. The predicted octanol–water partition coefficient (Wildman–Crippen LogP) is -0.164. The van der Waals surface area contributed by atoms with E-state index in [-0.39, 0.29) is 5.56 Å². The number of hydrogen-bond acceptors (Lipinski definition) is 2. The Balaban J connectivity index is 3.62. The fourth-order valence-electron chi connectivity index (χ4n) is 0.527. The van der Waals surface area contributed by atoms with E-state index >= 15 is 0 Å². The van der Waals surface area contributed by atoms with Crippen molar-refractivity contribution in [1.82, 2.24) is 9.55 Å². The third-order valence-electron chi connectivity index (χ3n) is 1.11. The van der Waals surface area contributed by atoms with Crippen LogP contribution in [-0.2, 0) is 7.05 Å². The lowest BCUT2D eigenvalue weighted by Crippen LogP contribution is -2.31. The molecule has 1 N–H and O–H groups in total. The highest BCUT2D eigenvalue weighted by molar-refractivity contribution is 9.10. The molecule has 0 bridgehead atoms. The van der Waals surface area contributed by atoms with Crippen molar-refractivity contribution in [2.45, 2.75) is 0 Å². The summed E-state index contributed by atoms with van der Waals surface area (Å²) >= 11 is 2.98. The number of nitrogens with zero attached hydrogens (tertiary/aromatic N) is 1. The fraction of sp³-hybridized carbons (Fsp3) is 0.200. The maximum Gasteiger partial charge on any atom is 0.328 e. The molecule has 0 aliphatic carbocycles. The Bertz CT molecular complexity index is 320. The average Bonchev–Trinajstić information content (AvgIpc) is 1.82. The van der Waals surface area contributed by atoms with Crippen LogP contribution in [0.25, 0.3) is 0 Å². The molecule has 0 aliphatic heterocycles. The molecule has 0 saturated heterocycles. The maximum atomic E-state index is 10.8. The first kappa shape index (κ1) is 7.27. The summed E-state index contributed by atoms with van der Waals surface area (Å²) in [7, 11) is 1.41. The molecule has 5 heteroatoms. The standard InChI is InChI=1S/C5H5BrN2O2/c1-8-4(9)2-3(6)7-5(8)10/h2H,1H3,(H,7,10). The number of aromatic nitrogens is 2. The van der Waals surface area contributed by atoms with E-state index in [0.29, 0.717) is 4.60 Å². The van der Waals surface area contributed by atoms with Gasteiger partial charge in [-0.2, -0.15) is 0 Å². The topological polar surface area (TPSA) is 54.9 Å². The lowest BCUT2D eigenvalue weighted by molar-refractivity contribution is 0.769. The third kappa shape index (κ3) is 1.18. The number of halogens is 1. The van der Waals surface area contributed by atoms with Gasteiger partial charge in [0.15, 0.2) is 0 Å². The zero-order valence-electron chi connectivity index (χ0n) is 5.22. The number of aromatic amines is 1. The molecule has 0 aromatic carbocycles. The highest BCUT2D eigenvalue weighted by Gasteiger charge is 1.94. The van der Waals surface area contributed by atoms with Crippen molar-refractivity contribution in [2.75, 3.05) is 0 Å². The Morgan fingerprint density at radius 1 is 1.60 bits per heavy atom. The summed E-state index contributed by atoms with van der Waals surface area (Å²) in [5.74, 6) is 0. The molecule has 1 aromatic heterocycles. The molecule has 4 nitrogen and oxygen atoms in total. The van der Waals surface area contributed by atoms with Crippen LogP contribution in [0.15, 0.2) is 20.3 Å². The number of H-pyrrole nitrogens is 1. The molecule has 1 rings (SSSR count). The van der Waals surface area contributed by atoms with Gasteiger partial charge in [-0.1, -0.05) is 0 Å². The Morgan fingerprint density at radius 2 is 2.20 bits per heavy atom. The minimum absolute atomic E-state index is 0.323. The highest BCUT2D eigenvalue weighted by Crippen LogP contribution is 1.94. The zero-order chi connectivity index (χ0) is 7.72. The first-order chi connectivity index (χ1) is 4.61. The van der Waals surface area contributed by atoms with Gasteiger partial charge in [-0.05, 0) is 15.9 Å². The number of rotatable bonds is 0. The van der Waals surface area contributed by atoms with E-state index in [4.69, 9.17) is 0 Å². The fourth-order valence-corrected chi connectivity index (χ4v) is 0.893. The van der Waals surface area contributed by atoms with E-state index < -0.39 is 5.69 Å². The van der Waals surface area contributed by atoms with Gasteiger partial charge >= 0.3 is 5.69 Å². The van der Waals surface area contributed by atoms with E-state index in [1.54, 1.807) is 0 Å². The van der Waals surface area contributed by atoms with Gasteiger partial charge in [0, 0.05) is 13.1 Å². The summed E-state index contributed by atoms with van der Waals surface area (Å²) in [5, 5.41) is 0. The second-order valence-corrected chi connectivity index (χ2v) is 2.67. The highest BCUT2D eigenvalue weighted by atomic mass is 79.9. The Morgan fingerprint density at radius 3 is 2.70 bits per heavy atom. The molecule has 1 aromatic rings. The minimum Gasteiger partial charge on any atom is -0.301 e. The van der Waals surface area contributed by atoms with Crippen molar-refractivity contribution >= 4 is 15.9 Å². The van der Waals surface area contributed by atoms with Crippen LogP contribution >= 0.6 is 15.9 Å². The Kier molecular flexibility index (Phi) is 1.76. The molecule has 0 radical (unpaired) electrons. The quantitative estimate of drug-likeness (QED) is 0.598. The molecular weight excluding hydrogens is 200 g/mol. The van der Waals surface area contributed by atoms with Gasteiger partial charge in [-0.15, -0.1) is 0 Å². The second kappa shape index (κ2) is 2.42. The number of hydrogen-bond donors (Lipinski definition) is 1. The lowest BCUT2D eigenvalue weighted by Gasteiger charge is -1.92. The van der Waals surface area contributed by atoms with Gasteiger partial charge in [-0.25, -0.2) is 4.79 Å². The molecule has 0 saturated carbocycles. The summed E-state index contributed by atoms with van der Waals surface area (Å²) in [6, 6.07) is 1.29. The van der Waals surface area contributed by atoms with Gasteiger partial charge in [-0.3, -0.25) is 9.36 Å².